The Morgan fingerprint density at radius 2 is 1.95 bits per heavy atom. The van der Waals surface area contributed by atoms with Gasteiger partial charge in [0.2, 0.25) is 0 Å². The van der Waals surface area contributed by atoms with Gasteiger partial charge in [-0.25, -0.2) is 0 Å². The molecule has 0 saturated carbocycles. The molecule has 4 nitrogen and oxygen atoms in total. The van der Waals surface area contributed by atoms with Crippen molar-refractivity contribution in [3.8, 4) is 11.5 Å². The molecular formula is C15H19NO3. The molecule has 0 aliphatic carbocycles. The Balaban J connectivity index is 1.79. The number of nitrogens with one attached hydrogen (secondary N) is 1. The molecular weight excluding hydrogens is 242 g/mol. The lowest BCUT2D eigenvalue weighted by atomic mass is 10.3. The van der Waals surface area contributed by atoms with E-state index in [0.717, 1.165) is 23.8 Å². The quantitative estimate of drug-likeness (QED) is 0.832. The van der Waals surface area contributed by atoms with Crippen LogP contribution < -0.4 is 14.8 Å². The molecule has 1 heterocycles. The van der Waals surface area contributed by atoms with E-state index in [4.69, 9.17) is 13.9 Å². The van der Waals surface area contributed by atoms with Gasteiger partial charge in [-0.1, -0.05) is 12.1 Å². The molecule has 102 valence electrons. The normalized spacial score (nSPS) is 12.1. The third-order valence-corrected chi connectivity index (χ3v) is 2.71. The Bertz CT molecular complexity index is 482. The zero-order valence-electron chi connectivity index (χ0n) is 11.3. The van der Waals surface area contributed by atoms with E-state index in [-0.39, 0.29) is 6.10 Å². The highest BCUT2D eigenvalue weighted by atomic mass is 16.5. The molecule has 0 aliphatic heterocycles. The number of hydrogen-bond donors (Lipinski definition) is 1. The summed E-state index contributed by atoms with van der Waals surface area (Å²) in [6.07, 6.45) is 1.72. The molecule has 1 aromatic heterocycles. The van der Waals surface area contributed by atoms with Crippen LogP contribution in [0.2, 0.25) is 0 Å². The molecule has 19 heavy (non-hydrogen) atoms. The molecule has 0 bridgehead atoms. The molecule has 1 aromatic carbocycles. The molecule has 2 aromatic rings. The first-order chi connectivity index (χ1) is 9.29. The van der Waals surface area contributed by atoms with Gasteiger partial charge in [0, 0.05) is 6.54 Å². The Labute approximate surface area is 113 Å². The van der Waals surface area contributed by atoms with Crippen LogP contribution in [0.25, 0.3) is 0 Å². The first-order valence-electron chi connectivity index (χ1n) is 6.32. The SMILES string of the molecule is COc1ccccc1OC(C)CNCc1ccco1. The van der Waals surface area contributed by atoms with Crippen LogP contribution in [0, 0.1) is 0 Å². The number of furan rings is 1. The van der Waals surface area contributed by atoms with Crippen LogP contribution in [0.15, 0.2) is 47.1 Å². The molecule has 0 aliphatic rings. The van der Waals surface area contributed by atoms with E-state index in [9.17, 15) is 0 Å². The van der Waals surface area contributed by atoms with Crippen molar-refractivity contribution in [2.75, 3.05) is 13.7 Å². The topological polar surface area (TPSA) is 43.6 Å². The fourth-order valence-electron chi connectivity index (χ4n) is 1.79. The summed E-state index contributed by atoms with van der Waals surface area (Å²) in [6.45, 7) is 3.45. The summed E-state index contributed by atoms with van der Waals surface area (Å²) in [5.74, 6) is 2.43. The summed E-state index contributed by atoms with van der Waals surface area (Å²) in [7, 11) is 1.64. The minimum Gasteiger partial charge on any atom is -0.493 e. The molecule has 2 rings (SSSR count). The highest BCUT2D eigenvalue weighted by Crippen LogP contribution is 2.26. The van der Waals surface area contributed by atoms with Gasteiger partial charge in [-0.3, -0.25) is 0 Å². The summed E-state index contributed by atoms with van der Waals surface area (Å²) in [5, 5.41) is 3.29. The van der Waals surface area contributed by atoms with Crippen molar-refractivity contribution < 1.29 is 13.9 Å². The van der Waals surface area contributed by atoms with Crippen LogP contribution in [-0.2, 0) is 6.54 Å². The van der Waals surface area contributed by atoms with E-state index in [1.165, 1.54) is 0 Å². The van der Waals surface area contributed by atoms with Gasteiger partial charge in [0.25, 0.3) is 0 Å². The van der Waals surface area contributed by atoms with Gasteiger partial charge in [-0.15, -0.1) is 0 Å². The van der Waals surface area contributed by atoms with E-state index in [1.807, 2.05) is 43.3 Å². The minimum atomic E-state index is 0.0475. The lowest BCUT2D eigenvalue weighted by molar-refractivity contribution is 0.206. The number of benzene rings is 1. The Kier molecular flexibility index (Phi) is 4.86. The van der Waals surface area contributed by atoms with Gasteiger partial charge >= 0.3 is 0 Å². The maximum atomic E-state index is 5.84. The summed E-state index contributed by atoms with van der Waals surface area (Å²) < 4.78 is 16.3. The summed E-state index contributed by atoms with van der Waals surface area (Å²) in [5.41, 5.74) is 0. The largest absolute Gasteiger partial charge is 0.493 e. The van der Waals surface area contributed by atoms with Crippen molar-refractivity contribution in [3.05, 3.63) is 48.4 Å². The zero-order valence-corrected chi connectivity index (χ0v) is 11.3. The fourth-order valence-corrected chi connectivity index (χ4v) is 1.79. The number of ether oxygens (including phenoxy) is 2. The molecule has 0 fully saturated rings. The second-order valence-corrected chi connectivity index (χ2v) is 4.29. The monoisotopic (exact) mass is 261 g/mol. The van der Waals surface area contributed by atoms with Gasteiger partial charge in [0.1, 0.15) is 11.9 Å². The molecule has 0 radical (unpaired) electrons. The van der Waals surface area contributed by atoms with Gasteiger partial charge in [-0.2, -0.15) is 0 Å². The highest BCUT2D eigenvalue weighted by molar-refractivity contribution is 5.39. The summed E-state index contributed by atoms with van der Waals surface area (Å²) >= 11 is 0. The average Bonchev–Trinajstić information content (AvgIpc) is 2.92. The van der Waals surface area contributed by atoms with Crippen LogP contribution in [-0.4, -0.2) is 19.8 Å². The van der Waals surface area contributed by atoms with Crippen molar-refractivity contribution in [3.63, 3.8) is 0 Å². The van der Waals surface area contributed by atoms with Gasteiger partial charge < -0.3 is 19.2 Å². The van der Waals surface area contributed by atoms with Gasteiger partial charge in [-0.05, 0) is 31.2 Å². The van der Waals surface area contributed by atoms with Crippen molar-refractivity contribution >= 4 is 0 Å². The van der Waals surface area contributed by atoms with Crippen LogP contribution in [0.5, 0.6) is 11.5 Å². The predicted octanol–water partition coefficient (Wildman–Crippen LogP) is 2.85. The number of methoxy groups -OCH3 is 1. The zero-order chi connectivity index (χ0) is 13.5. The first-order valence-corrected chi connectivity index (χ1v) is 6.32. The van der Waals surface area contributed by atoms with Gasteiger partial charge in [0.05, 0.1) is 19.9 Å². The third-order valence-electron chi connectivity index (χ3n) is 2.71. The Hall–Kier alpha value is -1.94. The highest BCUT2D eigenvalue weighted by Gasteiger charge is 2.08. The smallest absolute Gasteiger partial charge is 0.161 e. The second-order valence-electron chi connectivity index (χ2n) is 4.29. The van der Waals surface area contributed by atoms with Crippen molar-refractivity contribution in [2.24, 2.45) is 0 Å². The van der Waals surface area contributed by atoms with Crippen molar-refractivity contribution in [2.45, 2.75) is 19.6 Å². The number of rotatable bonds is 7. The maximum absolute atomic E-state index is 5.84. The lowest BCUT2D eigenvalue weighted by Crippen LogP contribution is -2.28. The number of para-hydroxylation sites is 2. The fraction of sp³-hybridized carbons (Fsp3) is 0.333. The van der Waals surface area contributed by atoms with E-state index in [2.05, 4.69) is 5.32 Å². The second kappa shape index (κ2) is 6.85. The van der Waals surface area contributed by atoms with Gasteiger partial charge in [0.15, 0.2) is 11.5 Å². The first kappa shape index (κ1) is 13.5. The summed E-state index contributed by atoms with van der Waals surface area (Å²) in [4.78, 5) is 0. The molecule has 0 spiro atoms. The molecule has 4 heteroatoms. The van der Waals surface area contributed by atoms with Crippen LogP contribution in [0.4, 0.5) is 0 Å². The predicted molar refractivity (Wildman–Crippen MR) is 73.5 cm³/mol. The van der Waals surface area contributed by atoms with E-state index >= 15 is 0 Å². The van der Waals surface area contributed by atoms with Crippen LogP contribution in [0.3, 0.4) is 0 Å². The molecule has 1 N–H and O–H groups in total. The molecule has 0 amide bonds. The lowest BCUT2D eigenvalue weighted by Gasteiger charge is -2.17. The molecule has 1 atom stereocenters. The van der Waals surface area contributed by atoms with Crippen LogP contribution in [0.1, 0.15) is 12.7 Å². The molecule has 0 saturated heterocycles. The molecule has 1 unspecified atom stereocenters. The van der Waals surface area contributed by atoms with Crippen LogP contribution >= 0.6 is 0 Å². The van der Waals surface area contributed by atoms with E-state index in [1.54, 1.807) is 13.4 Å². The van der Waals surface area contributed by atoms with E-state index < -0.39 is 0 Å². The summed E-state index contributed by atoms with van der Waals surface area (Å²) in [6, 6.07) is 11.5. The third kappa shape index (κ3) is 4.03. The Morgan fingerprint density at radius 3 is 2.63 bits per heavy atom. The average molecular weight is 261 g/mol. The Morgan fingerprint density at radius 1 is 1.16 bits per heavy atom. The standard InChI is InChI=1S/C15H19NO3/c1-12(10-16-11-13-6-5-9-18-13)19-15-8-4-3-7-14(15)17-2/h3-9,12,16H,10-11H2,1-2H3. The maximum Gasteiger partial charge on any atom is 0.161 e. The van der Waals surface area contributed by atoms with Crippen molar-refractivity contribution in [1.82, 2.24) is 5.32 Å². The number of hydrogen-bond acceptors (Lipinski definition) is 4. The minimum absolute atomic E-state index is 0.0475. The van der Waals surface area contributed by atoms with E-state index in [0.29, 0.717) is 6.54 Å². The van der Waals surface area contributed by atoms with Crippen molar-refractivity contribution in [1.29, 1.82) is 0 Å².